The lowest BCUT2D eigenvalue weighted by Crippen LogP contribution is -2.51. The predicted octanol–water partition coefficient (Wildman–Crippen LogP) is 3.07. The number of carboxylic acid groups (broad SMARTS) is 1. The van der Waals surface area contributed by atoms with Gasteiger partial charge in [0.05, 0.1) is 5.92 Å². The zero-order chi connectivity index (χ0) is 16.4. The molecule has 23 heavy (non-hydrogen) atoms. The van der Waals surface area contributed by atoms with E-state index in [1.807, 2.05) is 0 Å². The van der Waals surface area contributed by atoms with Gasteiger partial charge < -0.3 is 9.84 Å². The highest BCUT2D eigenvalue weighted by molar-refractivity contribution is 5.71. The Labute approximate surface area is 137 Å². The summed E-state index contributed by atoms with van der Waals surface area (Å²) in [4.78, 5) is 13.0. The molecule has 0 atom stereocenters. The van der Waals surface area contributed by atoms with Gasteiger partial charge in [0.25, 0.3) is 0 Å². The summed E-state index contributed by atoms with van der Waals surface area (Å²) in [6.45, 7) is 7.19. The molecule has 4 nitrogen and oxygen atoms in total. The van der Waals surface area contributed by atoms with Gasteiger partial charge in [0.2, 0.25) is 0 Å². The van der Waals surface area contributed by atoms with Crippen LogP contribution in [0.3, 0.4) is 0 Å². The Morgan fingerprint density at radius 1 is 1.39 bits per heavy atom. The highest BCUT2D eigenvalue weighted by Gasteiger charge is 2.32. The molecule has 1 saturated heterocycles. The van der Waals surface area contributed by atoms with E-state index < -0.39 is 5.97 Å². The summed E-state index contributed by atoms with van der Waals surface area (Å²) in [5.74, 6) is 0.803. The Morgan fingerprint density at radius 3 is 2.87 bits per heavy atom. The van der Waals surface area contributed by atoms with Gasteiger partial charge in [-0.3, -0.25) is 9.69 Å². The molecule has 0 aromatic heterocycles. The number of hydrogen-bond donors (Lipinski definition) is 1. The van der Waals surface area contributed by atoms with E-state index in [2.05, 4.69) is 43.0 Å². The van der Waals surface area contributed by atoms with Crippen LogP contribution in [0.5, 0.6) is 5.75 Å². The number of carboxylic acids is 1. The summed E-state index contributed by atoms with van der Waals surface area (Å²) >= 11 is 0. The largest absolute Gasteiger partial charge is 0.489 e. The lowest BCUT2D eigenvalue weighted by molar-refractivity contribution is -0.147. The minimum Gasteiger partial charge on any atom is -0.489 e. The monoisotopic (exact) mass is 315 g/mol. The molecule has 2 heterocycles. The van der Waals surface area contributed by atoms with Gasteiger partial charge >= 0.3 is 5.97 Å². The number of nitrogens with zero attached hydrogens (tertiary/aromatic N) is 1. The van der Waals surface area contributed by atoms with Crippen molar-refractivity contribution in [3.05, 3.63) is 34.9 Å². The van der Waals surface area contributed by atoms with E-state index in [0.29, 0.717) is 25.6 Å². The van der Waals surface area contributed by atoms with Crippen LogP contribution >= 0.6 is 0 Å². The number of rotatable bonds is 6. The zero-order valence-corrected chi connectivity index (χ0v) is 13.9. The molecule has 1 N–H and O–H groups in total. The van der Waals surface area contributed by atoms with E-state index in [1.165, 1.54) is 17.6 Å². The molecule has 0 radical (unpaired) electrons. The standard InChI is InChI=1S/C19H25NO3/c1-13(2)3-4-14-5-6-16-7-15(12-23-18(16)8-14)9-20-10-17(11-20)19(21)22/h5-8,13,17H,3-4,9-12H2,1-2H3,(H,21,22). The SMILES string of the molecule is CC(C)CCc1ccc2c(c1)OCC(CN1CC(C(=O)O)C1)=C2. The average molecular weight is 315 g/mol. The third kappa shape index (κ3) is 3.94. The average Bonchev–Trinajstić information content (AvgIpc) is 2.47. The number of aliphatic carboxylic acids is 1. The Balaban J connectivity index is 1.59. The lowest BCUT2D eigenvalue weighted by Gasteiger charge is -2.37. The minimum absolute atomic E-state index is 0.198. The van der Waals surface area contributed by atoms with Gasteiger partial charge in [0.15, 0.2) is 0 Å². The molecule has 1 aromatic rings. The maximum Gasteiger partial charge on any atom is 0.309 e. The van der Waals surface area contributed by atoms with Crippen LogP contribution in [0.4, 0.5) is 0 Å². The Bertz CT molecular complexity index is 615. The van der Waals surface area contributed by atoms with Gasteiger partial charge in [0, 0.05) is 25.2 Å². The second kappa shape index (κ2) is 6.75. The lowest BCUT2D eigenvalue weighted by atomic mass is 9.97. The van der Waals surface area contributed by atoms with Gasteiger partial charge in [-0.25, -0.2) is 0 Å². The zero-order valence-electron chi connectivity index (χ0n) is 13.9. The molecule has 3 rings (SSSR count). The van der Waals surface area contributed by atoms with E-state index in [4.69, 9.17) is 9.84 Å². The Morgan fingerprint density at radius 2 is 2.17 bits per heavy atom. The summed E-state index contributed by atoms with van der Waals surface area (Å²) in [6.07, 6.45) is 4.48. The fraction of sp³-hybridized carbons (Fsp3) is 0.526. The molecular weight excluding hydrogens is 290 g/mol. The van der Waals surface area contributed by atoms with Gasteiger partial charge in [-0.1, -0.05) is 26.0 Å². The number of ether oxygens (including phenoxy) is 1. The summed E-state index contributed by atoms with van der Waals surface area (Å²) in [7, 11) is 0. The predicted molar refractivity (Wildman–Crippen MR) is 90.6 cm³/mol. The Kier molecular flexibility index (Phi) is 4.71. The van der Waals surface area contributed by atoms with Crippen molar-refractivity contribution in [2.75, 3.05) is 26.2 Å². The topological polar surface area (TPSA) is 49.8 Å². The van der Waals surface area contributed by atoms with Crippen molar-refractivity contribution < 1.29 is 14.6 Å². The highest BCUT2D eigenvalue weighted by atomic mass is 16.5. The van der Waals surface area contributed by atoms with Crippen LogP contribution in [0.25, 0.3) is 6.08 Å². The first-order valence-electron chi connectivity index (χ1n) is 8.41. The van der Waals surface area contributed by atoms with Gasteiger partial charge in [-0.15, -0.1) is 0 Å². The van der Waals surface area contributed by atoms with Crippen molar-refractivity contribution in [3.63, 3.8) is 0 Å². The number of aryl methyl sites for hydroxylation is 1. The smallest absolute Gasteiger partial charge is 0.309 e. The van der Waals surface area contributed by atoms with E-state index in [9.17, 15) is 4.79 Å². The van der Waals surface area contributed by atoms with Crippen LogP contribution in [0.1, 0.15) is 31.4 Å². The van der Waals surface area contributed by atoms with E-state index >= 15 is 0 Å². The second-order valence-electron chi connectivity index (χ2n) is 7.13. The number of benzene rings is 1. The van der Waals surface area contributed by atoms with Crippen LogP contribution in [0.2, 0.25) is 0 Å². The maximum atomic E-state index is 10.8. The van der Waals surface area contributed by atoms with Crippen LogP contribution in [0.15, 0.2) is 23.8 Å². The molecular formula is C19H25NO3. The molecule has 2 aliphatic rings. The summed E-state index contributed by atoms with van der Waals surface area (Å²) < 4.78 is 5.92. The van der Waals surface area contributed by atoms with Gasteiger partial charge in [0.1, 0.15) is 12.4 Å². The Hall–Kier alpha value is -1.81. The van der Waals surface area contributed by atoms with Gasteiger partial charge in [-0.05, 0) is 42.0 Å². The first-order chi connectivity index (χ1) is 11.0. The van der Waals surface area contributed by atoms with Crippen LogP contribution < -0.4 is 4.74 Å². The molecule has 0 unspecified atom stereocenters. The third-order valence-corrected chi connectivity index (χ3v) is 4.59. The number of likely N-dealkylation sites (tertiary alicyclic amines) is 1. The number of hydrogen-bond acceptors (Lipinski definition) is 3. The summed E-state index contributed by atoms with van der Waals surface area (Å²) in [6, 6.07) is 6.49. The van der Waals surface area contributed by atoms with E-state index in [-0.39, 0.29) is 5.92 Å². The van der Waals surface area contributed by atoms with E-state index in [0.717, 1.165) is 24.3 Å². The molecule has 0 aliphatic carbocycles. The molecule has 1 aromatic carbocycles. The fourth-order valence-corrected chi connectivity index (χ4v) is 3.10. The first-order valence-corrected chi connectivity index (χ1v) is 8.41. The second-order valence-corrected chi connectivity index (χ2v) is 7.13. The first kappa shape index (κ1) is 16.1. The molecule has 124 valence electrons. The summed E-state index contributed by atoms with van der Waals surface area (Å²) in [5.41, 5.74) is 3.69. The van der Waals surface area contributed by atoms with Crippen LogP contribution in [-0.2, 0) is 11.2 Å². The summed E-state index contributed by atoms with van der Waals surface area (Å²) in [5, 5.41) is 8.92. The molecule has 0 spiro atoms. The fourth-order valence-electron chi connectivity index (χ4n) is 3.10. The third-order valence-electron chi connectivity index (χ3n) is 4.59. The molecule has 2 aliphatic heterocycles. The molecule has 4 heteroatoms. The van der Waals surface area contributed by atoms with Crippen molar-refractivity contribution >= 4 is 12.0 Å². The van der Waals surface area contributed by atoms with Crippen LogP contribution in [-0.4, -0.2) is 42.2 Å². The van der Waals surface area contributed by atoms with Crippen molar-refractivity contribution in [1.29, 1.82) is 0 Å². The van der Waals surface area contributed by atoms with Crippen molar-refractivity contribution in [2.24, 2.45) is 11.8 Å². The number of carbonyl (C=O) groups is 1. The van der Waals surface area contributed by atoms with Crippen molar-refractivity contribution in [3.8, 4) is 5.75 Å². The molecule has 0 saturated carbocycles. The van der Waals surface area contributed by atoms with Crippen LogP contribution in [0, 0.1) is 11.8 Å². The molecule has 0 amide bonds. The maximum absolute atomic E-state index is 10.8. The number of fused-ring (bicyclic) bond motifs is 1. The van der Waals surface area contributed by atoms with E-state index in [1.54, 1.807) is 0 Å². The van der Waals surface area contributed by atoms with Crippen molar-refractivity contribution in [1.82, 2.24) is 4.90 Å². The normalized spacial score (nSPS) is 18.1. The quantitative estimate of drug-likeness (QED) is 0.876. The molecule has 1 fully saturated rings. The molecule has 0 bridgehead atoms. The van der Waals surface area contributed by atoms with Crippen molar-refractivity contribution in [2.45, 2.75) is 26.7 Å². The van der Waals surface area contributed by atoms with Gasteiger partial charge in [-0.2, -0.15) is 0 Å². The highest BCUT2D eigenvalue weighted by Crippen LogP contribution is 2.29. The minimum atomic E-state index is -0.686.